The minimum atomic E-state index is -0.738. The molecule has 0 radical (unpaired) electrons. The predicted molar refractivity (Wildman–Crippen MR) is 78.9 cm³/mol. The van der Waals surface area contributed by atoms with Crippen LogP contribution in [0.2, 0.25) is 5.02 Å². The first-order chi connectivity index (χ1) is 10.0. The fraction of sp³-hybridized carbons (Fsp3) is 0.143. The number of terminal acetylenes is 1. The summed E-state index contributed by atoms with van der Waals surface area (Å²) >= 11 is 7.07. The van der Waals surface area contributed by atoms with Gasteiger partial charge in [-0.15, -0.1) is 17.8 Å². The van der Waals surface area contributed by atoms with Crippen molar-refractivity contribution < 1.29 is 18.7 Å². The Hall–Kier alpha value is -2.10. The van der Waals surface area contributed by atoms with Gasteiger partial charge in [-0.05, 0) is 18.2 Å². The summed E-state index contributed by atoms with van der Waals surface area (Å²) in [5, 5.41) is 3.10. The molecule has 7 heteroatoms. The van der Waals surface area contributed by atoms with Crippen molar-refractivity contribution in [3.63, 3.8) is 0 Å². The summed E-state index contributed by atoms with van der Waals surface area (Å²) in [5.41, 5.74) is 0. The Balaban J connectivity index is 2.11. The number of carbonyl (C=O) groups excluding carboxylic acids is 2. The molecule has 0 unspecified atom stereocenters. The molecule has 1 aromatic carbocycles. The molecule has 2 aromatic rings. The zero-order valence-corrected chi connectivity index (χ0v) is 12.2. The lowest BCUT2D eigenvalue weighted by Crippen LogP contribution is -2.28. The van der Waals surface area contributed by atoms with E-state index in [1.165, 1.54) is 18.2 Å². The molecular formula is C14H9ClFNO3S. The van der Waals surface area contributed by atoms with E-state index in [0.717, 1.165) is 11.3 Å². The summed E-state index contributed by atoms with van der Waals surface area (Å²) < 4.78 is 18.5. The van der Waals surface area contributed by atoms with Gasteiger partial charge in [-0.3, -0.25) is 4.79 Å². The second kappa shape index (κ2) is 6.57. The predicted octanol–water partition coefficient (Wildman–Crippen LogP) is 2.60. The zero-order valence-electron chi connectivity index (χ0n) is 10.6. The first-order valence-corrected chi connectivity index (χ1v) is 6.97. The number of halogens is 2. The Morgan fingerprint density at radius 3 is 2.95 bits per heavy atom. The van der Waals surface area contributed by atoms with E-state index in [1.807, 2.05) is 0 Å². The van der Waals surface area contributed by atoms with Crippen LogP contribution >= 0.6 is 22.9 Å². The van der Waals surface area contributed by atoms with Crippen LogP contribution in [0.1, 0.15) is 9.67 Å². The van der Waals surface area contributed by atoms with Gasteiger partial charge in [-0.25, -0.2) is 9.18 Å². The maximum atomic E-state index is 13.1. The average Bonchev–Trinajstić information content (AvgIpc) is 2.79. The number of amides is 1. The summed E-state index contributed by atoms with van der Waals surface area (Å²) in [6.45, 7) is -0.404. The van der Waals surface area contributed by atoms with Gasteiger partial charge >= 0.3 is 5.97 Å². The Kier molecular flexibility index (Phi) is 4.78. The molecule has 0 fully saturated rings. The van der Waals surface area contributed by atoms with Crippen molar-refractivity contribution in [3.05, 3.63) is 33.9 Å². The molecule has 4 nitrogen and oxygen atoms in total. The first-order valence-electron chi connectivity index (χ1n) is 5.77. The fourth-order valence-corrected chi connectivity index (χ4v) is 2.99. The molecule has 0 saturated carbocycles. The third-order valence-corrected chi connectivity index (χ3v) is 4.14. The Bertz CT molecular complexity index is 750. The molecule has 2 rings (SSSR count). The molecule has 1 aromatic heterocycles. The fourth-order valence-electron chi connectivity index (χ4n) is 1.57. The molecule has 0 bridgehead atoms. The van der Waals surface area contributed by atoms with Crippen molar-refractivity contribution >= 4 is 44.9 Å². The molecule has 0 atom stereocenters. The summed E-state index contributed by atoms with van der Waals surface area (Å²) in [7, 11) is 0. The Morgan fingerprint density at radius 2 is 2.24 bits per heavy atom. The van der Waals surface area contributed by atoms with Crippen molar-refractivity contribution in [2.24, 2.45) is 0 Å². The number of ether oxygens (including phenoxy) is 1. The maximum absolute atomic E-state index is 13.1. The van der Waals surface area contributed by atoms with E-state index in [1.54, 1.807) is 0 Å². The number of benzene rings is 1. The maximum Gasteiger partial charge on any atom is 0.350 e. The summed E-state index contributed by atoms with van der Waals surface area (Å²) in [5.74, 6) is 0.553. The molecule has 0 aliphatic rings. The van der Waals surface area contributed by atoms with Crippen LogP contribution in [-0.2, 0) is 9.53 Å². The van der Waals surface area contributed by atoms with Crippen LogP contribution in [0.5, 0.6) is 0 Å². The van der Waals surface area contributed by atoms with Crippen LogP contribution in [0.4, 0.5) is 4.39 Å². The average molecular weight is 326 g/mol. The van der Waals surface area contributed by atoms with Crippen molar-refractivity contribution in [2.45, 2.75) is 0 Å². The van der Waals surface area contributed by atoms with Gasteiger partial charge in [-0.1, -0.05) is 17.5 Å². The number of hydrogen-bond donors (Lipinski definition) is 1. The number of carbonyl (C=O) groups is 2. The zero-order chi connectivity index (χ0) is 15.4. The second-order valence-corrected chi connectivity index (χ2v) is 5.37. The van der Waals surface area contributed by atoms with Crippen LogP contribution in [-0.4, -0.2) is 25.0 Å². The van der Waals surface area contributed by atoms with Crippen molar-refractivity contribution in [2.75, 3.05) is 13.2 Å². The van der Waals surface area contributed by atoms with Gasteiger partial charge in [0, 0.05) is 10.1 Å². The highest BCUT2D eigenvalue weighted by Crippen LogP contribution is 2.36. The van der Waals surface area contributed by atoms with Crippen LogP contribution in [0.15, 0.2) is 18.2 Å². The molecule has 1 N–H and O–H groups in total. The van der Waals surface area contributed by atoms with Crippen LogP contribution < -0.4 is 5.32 Å². The highest BCUT2D eigenvalue weighted by Gasteiger charge is 2.19. The highest BCUT2D eigenvalue weighted by atomic mass is 35.5. The quantitative estimate of drug-likeness (QED) is 0.694. The van der Waals surface area contributed by atoms with E-state index in [9.17, 15) is 14.0 Å². The molecule has 1 heterocycles. The standard InChI is InChI=1S/C14H9ClFNO3S/c1-2-5-17-11(18)7-20-14(19)13-12(15)9-4-3-8(16)6-10(9)21-13/h1,3-4,6H,5,7H2,(H,17,18). The first kappa shape index (κ1) is 15.3. The van der Waals surface area contributed by atoms with Crippen LogP contribution in [0.3, 0.4) is 0 Å². The minimum absolute atomic E-state index is 0.0549. The lowest BCUT2D eigenvalue weighted by Gasteiger charge is -2.03. The van der Waals surface area contributed by atoms with Gasteiger partial charge in [0.25, 0.3) is 5.91 Å². The molecule has 21 heavy (non-hydrogen) atoms. The molecule has 0 aliphatic heterocycles. The number of thiophene rings is 1. The third kappa shape index (κ3) is 3.51. The molecule has 0 aliphatic carbocycles. The van der Waals surface area contributed by atoms with Gasteiger partial charge in [-0.2, -0.15) is 0 Å². The number of nitrogens with one attached hydrogen (secondary N) is 1. The number of hydrogen-bond acceptors (Lipinski definition) is 4. The van der Waals surface area contributed by atoms with Gasteiger partial charge < -0.3 is 10.1 Å². The van der Waals surface area contributed by atoms with Gasteiger partial charge in [0.2, 0.25) is 0 Å². The van der Waals surface area contributed by atoms with Crippen LogP contribution in [0, 0.1) is 18.2 Å². The monoisotopic (exact) mass is 325 g/mol. The Morgan fingerprint density at radius 1 is 1.48 bits per heavy atom. The van der Waals surface area contributed by atoms with E-state index in [0.29, 0.717) is 10.1 Å². The van der Waals surface area contributed by atoms with Gasteiger partial charge in [0.15, 0.2) is 6.61 Å². The highest BCUT2D eigenvalue weighted by molar-refractivity contribution is 7.21. The van der Waals surface area contributed by atoms with Gasteiger partial charge in [0.05, 0.1) is 11.6 Å². The lowest BCUT2D eigenvalue weighted by molar-refractivity contribution is -0.123. The molecular weight excluding hydrogens is 317 g/mol. The number of rotatable bonds is 4. The topological polar surface area (TPSA) is 55.4 Å². The third-order valence-electron chi connectivity index (χ3n) is 2.50. The Labute approximate surface area is 128 Å². The largest absolute Gasteiger partial charge is 0.451 e. The second-order valence-electron chi connectivity index (χ2n) is 3.94. The smallest absolute Gasteiger partial charge is 0.350 e. The van der Waals surface area contributed by atoms with Crippen molar-refractivity contribution in [1.82, 2.24) is 5.32 Å². The summed E-state index contributed by atoms with van der Waals surface area (Å²) in [6, 6.07) is 4.02. The lowest BCUT2D eigenvalue weighted by atomic mass is 10.2. The van der Waals surface area contributed by atoms with Gasteiger partial charge in [0.1, 0.15) is 10.7 Å². The molecule has 1 amide bonds. The van der Waals surface area contributed by atoms with E-state index in [4.69, 9.17) is 22.8 Å². The minimum Gasteiger partial charge on any atom is -0.451 e. The van der Waals surface area contributed by atoms with E-state index in [-0.39, 0.29) is 16.4 Å². The number of fused-ring (bicyclic) bond motifs is 1. The summed E-state index contributed by atoms with van der Waals surface area (Å²) in [4.78, 5) is 23.3. The SMILES string of the molecule is C#CCNC(=O)COC(=O)c1sc2cc(F)ccc2c1Cl. The van der Waals surface area contributed by atoms with E-state index >= 15 is 0 Å². The van der Waals surface area contributed by atoms with E-state index in [2.05, 4.69) is 11.2 Å². The molecule has 0 saturated heterocycles. The van der Waals surface area contributed by atoms with Crippen molar-refractivity contribution in [3.8, 4) is 12.3 Å². The number of esters is 1. The van der Waals surface area contributed by atoms with Crippen LogP contribution in [0.25, 0.3) is 10.1 Å². The van der Waals surface area contributed by atoms with E-state index < -0.39 is 24.3 Å². The molecule has 108 valence electrons. The summed E-state index contributed by atoms with van der Waals surface area (Å²) in [6.07, 6.45) is 4.98. The normalized spacial score (nSPS) is 10.1. The van der Waals surface area contributed by atoms with Crippen molar-refractivity contribution in [1.29, 1.82) is 0 Å². The molecule has 0 spiro atoms.